The van der Waals surface area contributed by atoms with Crippen LogP contribution < -0.4 is 4.74 Å². The fourth-order valence-corrected chi connectivity index (χ4v) is 2.66. The smallest absolute Gasteiger partial charge is 0.264 e. The van der Waals surface area contributed by atoms with E-state index < -0.39 is 15.9 Å². The summed E-state index contributed by atoms with van der Waals surface area (Å²) in [6.07, 6.45) is 0.111. The van der Waals surface area contributed by atoms with Crippen LogP contribution in [0.2, 0.25) is 0 Å². The zero-order valence-electron chi connectivity index (χ0n) is 12.0. The predicted octanol–water partition coefficient (Wildman–Crippen LogP) is 2.15. The molecule has 0 amide bonds. The summed E-state index contributed by atoms with van der Waals surface area (Å²) in [4.78, 5) is 8.88. The Morgan fingerprint density at radius 1 is 1.00 bits per heavy atom. The van der Waals surface area contributed by atoms with Gasteiger partial charge < -0.3 is 9.84 Å². The van der Waals surface area contributed by atoms with Crippen molar-refractivity contribution < 1.29 is 22.8 Å². The molecule has 120 valence electrons. The van der Waals surface area contributed by atoms with Crippen LogP contribution in [0, 0.1) is 0 Å². The second-order valence-corrected chi connectivity index (χ2v) is 6.58. The van der Waals surface area contributed by atoms with Crippen LogP contribution in [0.3, 0.4) is 0 Å². The van der Waals surface area contributed by atoms with Crippen LogP contribution >= 0.6 is 0 Å². The van der Waals surface area contributed by atoms with Crippen LogP contribution in [0.25, 0.3) is 22.1 Å². The summed E-state index contributed by atoms with van der Waals surface area (Å²) in [7, 11) is -4.01. The highest BCUT2D eigenvalue weighted by molar-refractivity contribution is 7.85. The van der Waals surface area contributed by atoms with Crippen LogP contribution in [-0.2, 0) is 10.1 Å². The molecule has 2 N–H and O–H groups in total. The van der Waals surface area contributed by atoms with Gasteiger partial charge in [-0.2, -0.15) is 8.42 Å². The number of benzene rings is 2. The molecule has 0 bridgehead atoms. The molecule has 7 nitrogen and oxygen atoms in total. The van der Waals surface area contributed by atoms with Crippen molar-refractivity contribution in [2.24, 2.45) is 0 Å². The SMILES string of the molecule is O=S(=O)(O)CCCOc1cc2nc3ccccc3nc2cc1O. The molecule has 1 heterocycles. The Bertz CT molecular complexity index is 972. The number of phenolic OH excluding ortho intramolecular Hbond substituents is 1. The van der Waals surface area contributed by atoms with Gasteiger partial charge in [0.25, 0.3) is 10.1 Å². The number of para-hydroxylation sites is 2. The minimum atomic E-state index is -4.01. The van der Waals surface area contributed by atoms with Crippen LogP contribution in [0.5, 0.6) is 11.5 Å². The normalized spacial score (nSPS) is 11.9. The van der Waals surface area contributed by atoms with Crippen molar-refractivity contribution in [1.82, 2.24) is 9.97 Å². The molecule has 0 aliphatic rings. The van der Waals surface area contributed by atoms with Gasteiger partial charge in [0, 0.05) is 12.1 Å². The van der Waals surface area contributed by atoms with Gasteiger partial charge in [0.15, 0.2) is 11.5 Å². The molecule has 2 aromatic carbocycles. The number of aromatic nitrogens is 2. The number of aromatic hydroxyl groups is 1. The molecule has 1 aromatic heterocycles. The minimum Gasteiger partial charge on any atom is -0.504 e. The zero-order chi connectivity index (χ0) is 16.4. The maximum atomic E-state index is 10.6. The van der Waals surface area contributed by atoms with Gasteiger partial charge in [0.05, 0.1) is 34.4 Å². The summed E-state index contributed by atoms with van der Waals surface area (Å²) in [5.74, 6) is -0.308. The van der Waals surface area contributed by atoms with Crippen molar-refractivity contribution in [3.8, 4) is 11.5 Å². The third-order valence-corrected chi connectivity index (χ3v) is 4.03. The van der Waals surface area contributed by atoms with Crippen LogP contribution in [0.4, 0.5) is 0 Å². The number of phenols is 1. The molecule has 0 aliphatic heterocycles. The van der Waals surface area contributed by atoms with Gasteiger partial charge in [-0.1, -0.05) is 12.1 Å². The van der Waals surface area contributed by atoms with E-state index in [-0.39, 0.29) is 24.5 Å². The van der Waals surface area contributed by atoms with Crippen LogP contribution in [0.15, 0.2) is 36.4 Å². The minimum absolute atomic E-state index is 0.0415. The van der Waals surface area contributed by atoms with E-state index in [0.717, 1.165) is 11.0 Å². The lowest BCUT2D eigenvalue weighted by Gasteiger charge is -2.09. The predicted molar refractivity (Wildman–Crippen MR) is 85.2 cm³/mol. The highest BCUT2D eigenvalue weighted by Crippen LogP contribution is 2.30. The molecular formula is C15H14N2O5S. The summed E-state index contributed by atoms with van der Waals surface area (Å²) in [5.41, 5.74) is 2.54. The first-order valence-electron chi connectivity index (χ1n) is 6.90. The van der Waals surface area contributed by atoms with Crippen molar-refractivity contribution in [3.63, 3.8) is 0 Å². The monoisotopic (exact) mass is 334 g/mol. The Labute approximate surface area is 132 Å². The summed E-state index contributed by atoms with van der Waals surface area (Å²) in [5, 5.41) is 9.98. The van der Waals surface area contributed by atoms with Gasteiger partial charge in [-0.25, -0.2) is 9.97 Å². The number of hydrogen-bond donors (Lipinski definition) is 2. The topological polar surface area (TPSA) is 110 Å². The van der Waals surface area contributed by atoms with Gasteiger partial charge in [-0.3, -0.25) is 4.55 Å². The van der Waals surface area contributed by atoms with E-state index in [1.54, 1.807) is 6.07 Å². The number of fused-ring (bicyclic) bond motifs is 2. The Kier molecular flexibility index (Phi) is 4.01. The number of ether oxygens (including phenoxy) is 1. The lowest BCUT2D eigenvalue weighted by Crippen LogP contribution is -2.08. The molecule has 23 heavy (non-hydrogen) atoms. The Balaban J connectivity index is 1.86. The Hall–Kier alpha value is -2.45. The third-order valence-electron chi connectivity index (χ3n) is 3.22. The van der Waals surface area contributed by atoms with E-state index in [1.165, 1.54) is 6.07 Å². The molecule has 0 fully saturated rings. The number of rotatable bonds is 5. The van der Waals surface area contributed by atoms with Gasteiger partial charge in [-0.05, 0) is 18.6 Å². The molecule has 0 atom stereocenters. The van der Waals surface area contributed by atoms with E-state index >= 15 is 0 Å². The van der Waals surface area contributed by atoms with Crippen molar-refractivity contribution in [2.45, 2.75) is 6.42 Å². The highest BCUT2D eigenvalue weighted by Gasteiger charge is 2.10. The van der Waals surface area contributed by atoms with E-state index in [2.05, 4.69) is 9.97 Å². The molecule has 0 radical (unpaired) electrons. The molecule has 8 heteroatoms. The van der Waals surface area contributed by atoms with Gasteiger partial charge in [0.2, 0.25) is 0 Å². The average Bonchev–Trinajstić information content (AvgIpc) is 2.49. The lowest BCUT2D eigenvalue weighted by molar-refractivity contribution is 0.299. The van der Waals surface area contributed by atoms with Gasteiger partial charge in [-0.15, -0.1) is 0 Å². The first-order chi connectivity index (χ1) is 10.9. The summed E-state index contributed by atoms with van der Waals surface area (Å²) >= 11 is 0. The van der Waals surface area contributed by atoms with Crippen LogP contribution in [-0.4, -0.2) is 40.4 Å². The average molecular weight is 334 g/mol. The molecule has 0 spiro atoms. The standard InChI is InChI=1S/C15H14N2O5S/c18-14-8-12-13(17-11-5-2-1-4-10(11)16-12)9-15(14)22-6-3-7-23(19,20)21/h1-2,4-5,8-9,18H,3,6-7H2,(H,19,20,21). The number of nitrogens with zero attached hydrogens (tertiary/aromatic N) is 2. The van der Waals surface area contributed by atoms with Crippen molar-refractivity contribution in [2.75, 3.05) is 12.4 Å². The highest BCUT2D eigenvalue weighted by atomic mass is 32.2. The lowest BCUT2D eigenvalue weighted by atomic mass is 10.2. The molecule has 0 saturated heterocycles. The van der Waals surface area contributed by atoms with E-state index in [4.69, 9.17) is 9.29 Å². The second-order valence-electron chi connectivity index (χ2n) is 5.01. The summed E-state index contributed by atoms with van der Waals surface area (Å²) < 4.78 is 35.3. The first-order valence-corrected chi connectivity index (χ1v) is 8.51. The van der Waals surface area contributed by atoms with Crippen molar-refractivity contribution in [1.29, 1.82) is 0 Å². The molecule has 3 aromatic rings. The largest absolute Gasteiger partial charge is 0.504 e. The summed E-state index contributed by atoms with van der Waals surface area (Å²) in [6.45, 7) is 0.0415. The Morgan fingerprint density at radius 2 is 1.61 bits per heavy atom. The summed E-state index contributed by atoms with van der Waals surface area (Å²) in [6, 6.07) is 10.4. The third kappa shape index (κ3) is 3.66. The fraction of sp³-hybridized carbons (Fsp3) is 0.200. The van der Waals surface area contributed by atoms with Crippen molar-refractivity contribution >= 4 is 32.2 Å². The molecule has 0 unspecified atom stereocenters. The quantitative estimate of drug-likeness (QED) is 0.418. The maximum Gasteiger partial charge on any atom is 0.264 e. The van der Waals surface area contributed by atoms with E-state index in [9.17, 15) is 13.5 Å². The Morgan fingerprint density at radius 3 is 2.22 bits per heavy atom. The number of hydrogen-bond acceptors (Lipinski definition) is 6. The maximum absolute atomic E-state index is 10.6. The van der Waals surface area contributed by atoms with Crippen LogP contribution in [0.1, 0.15) is 6.42 Å². The fourth-order valence-electron chi connectivity index (χ4n) is 2.18. The zero-order valence-corrected chi connectivity index (χ0v) is 12.8. The second kappa shape index (κ2) is 5.98. The van der Waals surface area contributed by atoms with E-state index in [0.29, 0.717) is 11.0 Å². The first kappa shape index (κ1) is 15.4. The van der Waals surface area contributed by atoms with E-state index in [1.807, 2.05) is 24.3 Å². The molecule has 0 saturated carbocycles. The van der Waals surface area contributed by atoms with Gasteiger partial charge >= 0.3 is 0 Å². The van der Waals surface area contributed by atoms with Crippen molar-refractivity contribution in [3.05, 3.63) is 36.4 Å². The van der Waals surface area contributed by atoms with Gasteiger partial charge in [0.1, 0.15) is 0 Å². The molecule has 3 rings (SSSR count). The molecule has 0 aliphatic carbocycles. The molecular weight excluding hydrogens is 320 g/mol.